The SMILES string of the molecule is C[C@H](Cn1ccc(C(=O)OC(C)(C)C)n1)C(=O)O. The van der Waals surface area contributed by atoms with Crippen LogP contribution < -0.4 is 0 Å². The number of hydrogen-bond acceptors (Lipinski definition) is 4. The molecule has 0 fully saturated rings. The Morgan fingerprint density at radius 1 is 1.50 bits per heavy atom. The van der Waals surface area contributed by atoms with Crippen molar-refractivity contribution in [2.24, 2.45) is 5.92 Å². The van der Waals surface area contributed by atoms with E-state index in [4.69, 9.17) is 9.84 Å². The van der Waals surface area contributed by atoms with E-state index in [0.717, 1.165) is 0 Å². The van der Waals surface area contributed by atoms with Gasteiger partial charge < -0.3 is 9.84 Å². The number of hydrogen-bond donors (Lipinski definition) is 1. The van der Waals surface area contributed by atoms with E-state index >= 15 is 0 Å². The summed E-state index contributed by atoms with van der Waals surface area (Å²) in [5, 5.41) is 12.8. The first-order valence-corrected chi connectivity index (χ1v) is 5.68. The van der Waals surface area contributed by atoms with Gasteiger partial charge in [0.15, 0.2) is 5.69 Å². The minimum Gasteiger partial charge on any atom is -0.481 e. The Bertz CT molecular complexity index is 445. The molecule has 0 radical (unpaired) electrons. The zero-order valence-corrected chi connectivity index (χ0v) is 11.0. The monoisotopic (exact) mass is 254 g/mol. The Morgan fingerprint density at radius 2 is 2.11 bits per heavy atom. The molecule has 1 atom stereocenters. The molecule has 1 N–H and O–H groups in total. The maximum Gasteiger partial charge on any atom is 0.359 e. The molecule has 18 heavy (non-hydrogen) atoms. The van der Waals surface area contributed by atoms with Gasteiger partial charge in [-0.15, -0.1) is 0 Å². The third-order valence-corrected chi connectivity index (χ3v) is 2.13. The van der Waals surface area contributed by atoms with Crippen LogP contribution in [0.3, 0.4) is 0 Å². The molecule has 0 aliphatic heterocycles. The first kappa shape index (κ1) is 14.2. The second-order valence-electron chi connectivity index (χ2n) is 5.16. The first-order chi connectivity index (χ1) is 8.19. The lowest BCUT2D eigenvalue weighted by atomic mass is 10.2. The number of carboxylic acids is 1. The van der Waals surface area contributed by atoms with E-state index in [0.29, 0.717) is 0 Å². The van der Waals surface area contributed by atoms with Gasteiger partial charge in [-0.05, 0) is 26.8 Å². The Balaban J connectivity index is 2.69. The lowest BCUT2D eigenvalue weighted by Crippen LogP contribution is -2.24. The van der Waals surface area contributed by atoms with Crippen LogP contribution in [-0.2, 0) is 16.1 Å². The number of carbonyl (C=O) groups excluding carboxylic acids is 1. The highest BCUT2D eigenvalue weighted by Gasteiger charge is 2.20. The van der Waals surface area contributed by atoms with E-state index in [9.17, 15) is 9.59 Å². The quantitative estimate of drug-likeness (QED) is 0.824. The molecule has 0 saturated heterocycles. The molecule has 6 nitrogen and oxygen atoms in total. The van der Waals surface area contributed by atoms with Gasteiger partial charge >= 0.3 is 11.9 Å². The van der Waals surface area contributed by atoms with Crippen molar-refractivity contribution in [2.75, 3.05) is 0 Å². The van der Waals surface area contributed by atoms with E-state index in [1.807, 2.05) is 0 Å². The Kier molecular flexibility index (Phi) is 4.11. The van der Waals surface area contributed by atoms with Crippen molar-refractivity contribution in [3.8, 4) is 0 Å². The van der Waals surface area contributed by atoms with Crippen molar-refractivity contribution in [3.63, 3.8) is 0 Å². The largest absolute Gasteiger partial charge is 0.481 e. The van der Waals surface area contributed by atoms with E-state index in [-0.39, 0.29) is 12.2 Å². The summed E-state index contributed by atoms with van der Waals surface area (Å²) in [4.78, 5) is 22.4. The maximum atomic E-state index is 11.7. The molecule has 0 unspecified atom stereocenters. The summed E-state index contributed by atoms with van der Waals surface area (Å²) in [5.41, 5.74) is -0.391. The van der Waals surface area contributed by atoms with Crippen molar-refractivity contribution < 1.29 is 19.4 Å². The van der Waals surface area contributed by atoms with E-state index in [2.05, 4.69) is 5.10 Å². The molecule has 0 aromatic carbocycles. The average molecular weight is 254 g/mol. The van der Waals surface area contributed by atoms with Crippen molar-refractivity contribution in [2.45, 2.75) is 39.8 Å². The first-order valence-electron chi connectivity index (χ1n) is 5.68. The summed E-state index contributed by atoms with van der Waals surface area (Å²) >= 11 is 0. The summed E-state index contributed by atoms with van der Waals surface area (Å²) < 4.78 is 6.59. The molecule has 1 rings (SSSR count). The highest BCUT2D eigenvalue weighted by atomic mass is 16.6. The van der Waals surface area contributed by atoms with Gasteiger partial charge in [0.25, 0.3) is 0 Å². The number of esters is 1. The summed E-state index contributed by atoms with van der Waals surface area (Å²) in [7, 11) is 0. The van der Waals surface area contributed by atoms with E-state index in [1.165, 1.54) is 10.7 Å². The molecule has 0 aliphatic carbocycles. The average Bonchev–Trinajstić information content (AvgIpc) is 2.63. The molecule has 0 amide bonds. The highest BCUT2D eigenvalue weighted by Crippen LogP contribution is 2.11. The number of rotatable bonds is 4. The number of aliphatic carboxylic acids is 1. The predicted octanol–water partition coefficient (Wildman–Crippen LogP) is 1.56. The molecule has 0 aliphatic rings. The van der Waals surface area contributed by atoms with Gasteiger partial charge in [0.1, 0.15) is 5.60 Å². The van der Waals surface area contributed by atoms with Gasteiger partial charge in [0.05, 0.1) is 12.5 Å². The van der Waals surface area contributed by atoms with Crippen LogP contribution in [0.15, 0.2) is 12.3 Å². The molecule has 1 aromatic heterocycles. The van der Waals surface area contributed by atoms with Gasteiger partial charge in [-0.1, -0.05) is 6.92 Å². The molecule has 6 heteroatoms. The summed E-state index contributed by atoms with van der Waals surface area (Å²) in [5.74, 6) is -1.97. The van der Waals surface area contributed by atoms with Crippen LogP contribution in [0, 0.1) is 5.92 Å². The van der Waals surface area contributed by atoms with Crippen LogP contribution in [0.2, 0.25) is 0 Å². The minimum atomic E-state index is -0.899. The van der Waals surface area contributed by atoms with Crippen molar-refractivity contribution in [1.29, 1.82) is 0 Å². The van der Waals surface area contributed by atoms with Crippen LogP contribution in [0.25, 0.3) is 0 Å². The third kappa shape index (κ3) is 4.20. The van der Waals surface area contributed by atoms with Crippen molar-refractivity contribution in [1.82, 2.24) is 9.78 Å². The summed E-state index contributed by atoms with van der Waals surface area (Å²) in [6, 6.07) is 1.52. The van der Waals surface area contributed by atoms with Gasteiger partial charge in [0.2, 0.25) is 0 Å². The van der Waals surface area contributed by atoms with Gasteiger partial charge in [0, 0.05) is 6.20 Å². The van der Waals surface area contributed by atoms with Gasteiger partial charge in [-0.2, -0.15) is 5.10 Å². The predicted molar refractivity (Wildman–Crippen MR) is 64.2 cm³/mol. The second kappa shape index (κ2) is 5.20. The second-order valence-corrected chi connectivity index (χ2v) is 5.16. The molecule has 0 saturated carbocycles. The molecule has 1 aromatic rings. The number of nitrogens with zero attached hydrogens (tertiary/aromatic N) is 2. The maximum absolute atomic E-state index is 11.7. The summed E-state index contributed by atoms with van der Waals surface area (Å²) in [6.07, 6.45) is 1.57. The van der Waals surface area contributed by atoms with Crippen LogP contribution in [-0.4, -0.2) is 32.4 Å². The van der Waals surface area contributed by atoms with E-state index < -0.39 is 23.5 Å². The van der Waals surface area contributed by atoms with Crippen LogP contribution >= 0.6 is 0 Å². The number of carboxylic acid groups (broad SMARTS) is 1. The van der Waals surface area contributed by atoms with Crippen molar-refractivity contribution in [3.05, 3.63) is 18.0 Å². The fourth-order valence-corrected chi connectivity index (χ4v) is 1.26. The molecule has 1 heterocycles. The standard InChI is InChI=1S/C12H18N2O4/c1-8(10(15)16)7-14-6-5-9(13-14)11(17)18-12(2,3)4/h5-6,8H,7H2,1-4H3,(H,15,16)/t8-/m1/s1. The third-order valence-electron chi connectivity index (χ3n) is 2.13. The number of carbonyl (C=O) groups is 2. The molecular formula is C12H18N2O4. The summed E-state index contributed by atoms with van der Waals surface area (Å²) in [6.45, 7) is 7.12. The smallest absolute Gasteiger partial charge is 0.359 e. The lowest BCUT2D eigenvalue weighted by molar-refractivity contribution is -0.141. The molecule has 0 spiro atoms. The zero-order valence-electron chi connectivity index (χ0n) is 11.0. The normalized spacial score (nSPS) is 13.1. The van der Waals surface area contributed by atoms with Crippen LogP contribution in [0.5, 0.6) is 0 Å². The number of ether oxygens (including phenoxy) is 1. The zero-order chi connectivity index (χ0) is 13.9. The molecule has 0 bridgehead atoms. The fraction of sp³-hybridized carbons (Fsp3) is 0.583. The minimum absolute atomic E-state index is 0.183. The fourth-order valence-electron chi connectivity index (χ4n) is 1.26. The molecular weight excluding hydrogens is 236 g/mol. The van der Waals surface area contributed by atoms with Crippen molar-refractivity contribution >= 4 is 11.9 Å². The Hall–Kier alpha value is -1.85. The highest BCUT2D eigenvalue weighted by molar-refractivity contribution is 5.87. The Labute approximate surface area is 106 Å². The van der Waals surface area contributed by atoms with E-state index in [1.54, 1.807) is 33.9 Å². The number of aromatic nitrogens is 2. The van der Waals surface area contributed by atoms with Gasteiger partial charge in [-0.3, -0.25) is 9.48 Å². The lowest BCUT2D eigenvalue weighted by Gasteiger charge is -2.18. The Morgan fingerprint density at radius 3 is 2.61 bits per heavy atom. The van der Waals surface area contributed by atoms with Gasteiger partial charge in [-0.25, -0.2) is 4.79 Å². The van der Waals surface area contributed by atoms with Crippen LogP contribution in [0.1, 0.15) is 38.2 Å². The van der Waals surface area contributed by atoms with Crippen LogP contribution in [0.4, 0.5) is 0 Å². The topological polar surface area (TPSA) is 81.4 Å². The molecule has 100 valence electrons.